The van der Waals surface area contributed by atoms with Crippen molar-refractivity contribution in [1.82, 2.24) is 5.32 Å². The Hall–Kier alpha value is -0.810. The Balaban J connectivity index is 0. The monoisotopic (exact) mass is 712 g/mol. The summed E-state index contributed by atoms with van der Waals surface area (Å²) in [5, 5.41) is 2.94. The molecule has 0 bridgehead atoms. The molecule has 1 amide bonds. The van der Waals surface area contributed by atoms with Crippen molar-refractivity contribution < 1.29 is 19.0 Å². The second-order valence-corrected chi connectivity index (χ2v) is 15.1. The fourth-order valence-electron chi connectivity index (χ4n) is 6.90. The Morgan fingerprint density at radius 3 is 1.08 bits per heavy atom. The first-order valence-electron chi connectivity index (χ1n) is 22.3. The van der Waals surface area contributed by atoms with E-state index in [9.17, 15) is 4.79 Å². The van der Waals surface area contributed by atoms with E-state index in [0.29, 0.717) is 26.4 Å². The van der Waals surface area contributed by atoms with Crippen molar-refractivity contribution in [2.75, 3.05) is 33.5 Å². The highest BCUT2D eigenvalue weighted by Gasteiger charge is 2.14. The SMILES string of the molecule is C.CCCCCCCCCCCCCCCCCCC(CCCCCCCCCCCCCCCCCC)OC(=O)NCCCOCCOC. The molecule has 5 nitrogen and oxygen atoms in total. The summed E-state index contributed by atoms with van der Waals surface area (Å²) < 4.78 is 16.4. The first-order chi connectivity index (χ1) is 24.2. The van der Waals surface area contributed by atoms with Crippen LogP contribution >= 0.6 is 0 Å². The van der Waals surface area contributed by atoms with Gasteiger partial charge in [-0.05, 0) is 32.1 Å². The van der Waals surface area contributed by atoms with Crippen LogP contribution in [0, 0.1) is 0 Å². The largest absolute Gasteiger partial charge is 0.446 e. The highest BCUT2D eigenvalue weighted by Crippen LogP contribution is 2.19. The maximum Gasteiger partial charge on any atom is 0.407 e. The lowest BCUT2D eigenvalue weighted by Gasteiger charge is -2.18. The van der Waals surface area contributed by atoms with Crippen LogP contribution in [0.15, 0.2) is 0 Å². The van der Waals surface area contributed by atoms with Crippen molar-refractivity contribution in [2.24, 2.45) is 0 Å². The number of rotatable bonds is 42. The van der Waals surface area contributed by atoms with E-state index in [1.54, 1.807) is 7.11 Å². The van der Waals surface area contributed by atoms with Gasteiger partial charge in [0.15, 0.2) is 0 Å². The van der Waals surface area contributed by atoms with Crippen molar-refractivity contribution in [3.8, 4) is 0 Å². The van der Waals surface area contributed by atoms with Gasteiger partial charge in [0.25, 0.3) is 0 Å². The van der Waals surface area contributed by atoms with E-state index in [2.05, 4.69) is 19.2 Å². The summed E-state index contributed by atoms with van der Waals surface area (Å²) in [7, 11) is 1.68. The second kappa shape index (κ2) is 46.2. The third-order valence-corrected chi connectivity index (χ3v) is 10.2. The zero-order chi connectivity index (χ0) is 35.6. The van der Waals surface area contributed by atoms with Crippen molar-refractivity contribution in [1.29, 1.82) is 0 Å². The van der Waals surface area contributed by atoms with Gasteiger partial charge in [0.1, 0.15) is 6.10 Å². The average molecular weight is 712 g/mol. The molecule has 0 heterocycles. The number of carbonyl (C=O) groups excluding carboxylic acids is 1. The first kappa shape index (κ1) is 51.3. The van der Waals surface area contributed by atoms with Crippen LogP contribution in [0.3, 0.4) is 0 Å². The van der Waals surface area contributed by atoms with Crippen LogP contribution in [0.4, 0.5) is 4.79 Å². The lowest BCUT2D eigenvalue weighted by molar-refractivity contribution is 0.0670. The van der Waals surface area contributed by atoms with Crippen LogP contribution in [0.25, 0.3) is 0 Å². The maximum absolute atomic E-state index is 12.5. The van der Waals surface area contributed by atoms with Gasteiger partial charge in [-0.1, -0.05) is 214 Å². The molecule has 0 unspecified atom stereocenters. The number of methoxy groups -OCH3 is 1. The average Bonchev–Trinajstić information content (AvgIpc) is 3.10. The quantitative estimate of drug-likeness (QED) is 0.0641. The van der Waals surface area contributed by atoms with E-state index >= 15 is 0 Å². The van der Waals surface area contributed by atoms with Gasteiger partial charge in [0.05, 0.1) is 13.2 Å². The van der Waals surface area contributed by atoms with Crippen molar-refractivity contribution in [3.63, 3.8) is 0 Å². The highest BCUT2D eigenvalue weighted by molar-refractivity contribution is 5.67. The summed E-state index contributed by atoms with van der Waals surface area (Å²) in [5.41, 5.74) is 0. The third-order valence-electron chi connectivity index (χ3n) is 10.2. The Bertz CT molecular complexity index is 580. The molecule has 0 aromatic heterocycles. The molecule has 0 rings (SSSR count). The molecule has 0 saturated carbocycles. The normalized spacial score (nSPS) is 11.3. The smallest absolute Gasteiger partial charge is 0.407 e. The van der Waals surface area contributed by atoms with Crippen molar-refractivity contribution in [3.05, 3.63) is 0 Å². The molecule has 1 N–H and O–H groups in total. The van der Waals surface area contributed by atoms with E-state index < -0.39 is 0 Å². The molecule has 0 aliphatic carbocycles. The molecular formula is C45H93NO4. The fourth-order valence-corrected chi connectivity index (χ4v) is 6.90. The van der Waals surface area contributed by atoms with Crippen molar-refractivity contribution in [2.45, 2.75) is 252 Å². The summed E-state index contributed by atoms with van der Waals surface area (Å²) in [6, 6.07) is 0. The maximum atomic E-state index is 12.5. The predicted molar refractivity (Wildman–Crippen MR) is 221 cm³/mol. The number of carbonyl (C=O) groups is 1. The van der Waals surface area contributed by atoms with Crippen LogP contribution in [-0.4, -0.2) is 45.7 Å². The van der Waals surface area contributed by atoms with E-state index in [-0.39, 0.29) is 19.6 Å². The molecule has 0 aromatic rings. The molecule has 0 saturated heterocycles. The lowest BCUT2D eigenvalue weighted by atomic mass is 10.0. The van der Waals surface area contributed by atoms with Gasteiger partial charge >= 0.3 is 6.09 Å². The van der Waals surface area contributed by atoms with Gasteiger partial charge in [0, 0.05) is 20.3 Å². The van der Waals surface area contributed by atoms with Gasteiger partial charge in [-0.15, -0.1) is 0 Å². The number of unbranched alkanes of at least 4 members (excludes halogenated alkanes) is 30. The standard InChI is InChI=1S/C44H89NO4.CH4/c1-4-6-8-10-12-14-16-18-20-22-24-26-28-30-32-34-37-43(49-44(46)45-39-36-40-48-42-41-47-3)38-35-33-31-29-27-25-23-21-19-17-15-13-11-9-7-5-2;/h43H,4-42H2,1-3H3,(H,45,46);1H4. The molecule has 0 fully saturated rings. The van der Waals surface area contributed by atoms with Gasteiger partial charge < -0.3 is 19.5 Å². The summed E-state index contributed by atoms with van der Waals surface area (Å²) in [6.45, 7) is 7.02. The summed E-state index contributed by atoms with van der Waals surface area (Å²) in [5.74, 6) is 0. The Labute approximate surface area is 315 Å². The van der Waals surface area contributed by atoms with E-state index in [0.717, 1.165) is 19.3 Å². The minimum absolute atomic E-state index is 0. The van der Waals surface area contributed by atoms with Gasteiger partial charge in [0.2, 0.25) is 0 Å². The van der Waals surface area contributed by atoms with Gasteiger partial charge in [-0.3, -0.25) is 0 Å². The zero-order valence-corrected chi connectivity index (χ0v) is 33.8. The van der Waals surface area contributed by atoms with Gasteiger partial charge in [-0.25, -0.2) is 4.79 Å². The number of hydrogen-bond acceptors (Lipinski definition) is 4. The number of hydrogen-bond donors (Lipinski definition) is 1. The molecule has 0 spiro atoms. The molecule has 0 aliphatic heterocycles. The Morgan fingerprint density at radius 1 is 0.440 bits per heavy atom. The Morgan fingerprint density at radius 2 is 0.760 bits per heavy atom. The van der Waals surface area contributed by atoms with E-state index in [1.807, 2.05) is 0 Å². The second-order valence-electron chi connectivity index (χ2n) is 15.1. The van der Waals surface area contributed by atoms with Crippen LogP contribution < -0.4 is 5.32 Å². The third kappa shape index (κ3) is 43.4. The topological polar surface area (TPSA) is 56.8 Å². The minimum atomic E-state index is -0.255. The number of nitrogens with one attached hydrogen (secondary N) is 1. The molecule has 0 radical (unpaired) electrons. The minimum Gasteiger partial charge on any atom is -0.446 e. The summed E-state index contributed by atoms with van der Waals surface area (Å²) in [4.78, 5) is 12.5. The molecule has 50 heavy (non-hydrogen) atoms. The summed E-state index contributed by atoms with van der Waals surface area (Å²) in [6.07, 6.45) is 46.9. The summed E-state index contributed by atoms with van der Waals surface area (Å²) >= 11 is 0. The molecule has 302 valence electrons. The molecule has 0 aromatic carbocycles. The Kier molecular flexibility index (Phi) is 47.4. The van der Waals surface area contributed by atoms with Gasteiger partial charge in [-0.2, -0.15) is 0 Å². The highest BCUT2D eigenvalue weighted by atomic mass is 16.6. The molecule has 0 aliphatic rings. The lowest BCUT2D eigenvalue weighted by Crippen LogP contribution is -2.30. The van der Waals surface area contributed by atoms with Crippen LogP contribution in [-0.2, 0) is 14.2 Å². The van der Waals surface area contributed by atoms with Crippen molar-refractivity contribution >= 4 is 6.09 Å². The fraction of sp³-hybridized carbons (Fsp3) is 0.978. The van der Waals surface area contributed by atoms with Crippen LogP contribution in [0.2, 0.25) is 0 Å². The van der Waals surface area contributed by atoms with Crippen LogP contribution in [0.1, 0.15) is 246 Å². The predicted octanol–water partition coefficient (Wildman–Crippen LogP) is 15.1. The molecule has 5 heteroatoms. The number of ether oxygens (including phenoxy) is 3. The van der Waals surface area contributed by atoms with Crippen LogP contribution in [0.5, 0.6) is 0 Å². The number of alkyl carbamates (subject to hydrolysis) is 1. The first-order valence-corrected chi connectivity index (χ1v) is 22.3. The number of amides is 1. The molecular weight excluding hydrogens is 618 g/mol. The van der Waals surface area contributed by atoms with E-state index in [4.69, 9.17) is 14.2 Å². The van der Waals surface area contributed by atoms with E-state index in [1.165, 1.54) is 205 Å². The zero-order valence-electron chi connectivity index (χ0n) is 33.8. The molecule has 0 atom stereocenters.